The van der Waals surface area contributed by atoms with Crippen molar-refractivity contribution in [3.05, 3.63) is 51.9 Å². The van der Waals surface area contributed by atoms with Gasteiger partial charge in [0.15, 0.2) is 6.10 Å². The maximum absolute atomic E-state index is 11.3. The molecule has 2 heterocycles. The highest BCUT2D eigenvalue weighted by Crippen LogP contribution is 2.37. The summed E-state index contributed by atoms with van der Waals surface area (Å²) in [5.41, 5.74) is 2.81. The minimum atomic E-state index is -0.277. The van der Waals surface area contributed by atoms with Crippen LogP contribution in [-0.2, 0) is 18.4 Å². The summed E-state index contributed by atoms with van der Waals surface area (Å²) in [5, 5.41) is 0. The van der Waals surface area contributed by atoms with Crippen LogP contribution in [0.3, 0.4) is 0 Å². The van der Waals surface area contributed by atoms with E-state index in [4.69, 9.17) is 9.47 Å². The average molecular weight is 340 g/mol. The van der Waals surface area contributed by atoms with Crippen LogP contribution < -0.4 is 15.0 Å². The first kappa shape index (κ1) is 16.2. The number of rotatable bonds is 3. The van der Waals surface area contributed by atoms with E-state index in [2.05, 4.69) is 37.0 Å². The number of nitrogens with zero attached hydrogens (tertiary/aromatic N) is 2. The summed E-state index contributed by atoms with van der Waals surface area (Å²) in [4.78, 5) is 15.2. The summed E-state index contributed by atoms with van der Waals surface area (Å²) in [6.07, 6.45) is 6.46. The molecule has 4 rings (SSSR count). The molecule has 0 spiro atoms. The first-order valence-electron chi connectivity index (χ1n) is 9.02. The molecule has 0 unspecified atom stereocenters. The first-order chi connectivity index (χ1) is 12.0. The second-order valence-electron chi connectivity index (χ2n) is 7.66. The van der Waals surface area contributed by atoms with Crippen molar-refractivity contribution in [2.24, 2.45) is 0 Å². The molecular weight excluding hydrogens is 316 g/mol. The number of fused-ring (bicyclic) bond motifs is 2. The summed E-state index contributed by atoms with van der Waals surface area (Å²) in [6, 6.07) is 8.30. The number of ether oxygens (including phenoxy) is 2. The zero-order valence-corrected chi connectivity index (χ0v) is 14.8. The van der Waals surface area contributed by atoms with Gasteiger partial charge in [0.1, 0.15) is 12.4 Å². The number of benzene rings is 1. The smallest absolute Gasteiger partial charge is 0.300 e. The van der Waals surface area contributed by atoms with Crippen LogP contribution in [0.4, 0.5) is 0 Å². The van der Waals surface area contributed by atoms with Crippen molar-refractivity contribution in [1.82, 2.24) is 9.55 Å². The molecule has 2 aliphatic rings. The number of hydrogen-bond acceptors (Lipinski definition) is 4. The predicted octanol–water partition coefficient (Wildman–Crippen LogP) is 3.09. The maximum Gasteiger partial charge on any atom is 0.300 e. The highest BCUT2D eigenvalue weighted by molar-refractivity contribution is 5.40. The molecule has 0 amide bonds. The Kier molecular flexibility index (Phi) is 4.02. The molecule has 5 nitrogen and oxygen atoms in total. The van der Waals surface area contributed by atoms with Gasteiger partial charge >= 0.3 is 0 Å². The quantitative estimate of drug-likeness (QED) is 0.806. The lowest BCUT2D eigenvalue weighted by Crippen LogP contribution is -2.23. The molecule has 2 aromatic rings. The molecule has 132 valence electrons. The van der Waals surface area contributed by atoms with Crippen molar-refractivity contribution in [3.8, 4) is 11.8 Å². The van der Waals surface area contributed by atoms with E-state index in [9.17, 15) is 4.79 Å². The average Bonchev–Trinajstić information content (AvgIpc) is 2.91. The lowest BCUT2D eigenvalue weighted by Gasteiger charge is -2.25. The summed E-state index contributed by atoms with van der Waals surface area (Å²) < 4.78 is 13.5. The normalized spacial score (nSPS) is 21.0. The van der Waals surface area contributed by atoms with Crippen molar-refractivity contribution in [2.45, 2.75) is 57.6 Å². The summed E-state index contributed by atoms with van der Waals surface area (Å²) >= 11 is 0. The Hall–Kier alpha value is -2.30. The summed E-state index contributed by atoms with van der Waals surface area (Å²) in [6.45, 7) is 5.76. The largest absolute Gasteiger partial charge is 0.490 e. The molecule has 0 bridgehead atoms. The zero-order chi connectivity index (χ0) is 17.4. The Labute approximate surface area is 147 Å². The number of aryl methyl sites for hydroxylation is 1. The van der Waals surface area contributed by atoms with E-state index < -0.39 is 0 Å². The van der Waals surface area contributed by atoms with Crippen LogP contribution in [0, 0.1) is 0 Å². The SMILES string of the molecule is CC1(C)CCCCc2cc(OC[C@@H]3Cn4ccc(=O)nc4O3)ccc21. The van der Waals surface area contributed by atoms with Crippen molar-refractivity contribution >= 4 is 0 Å². The molecule has 0 saturated heterocycles. The van der Waals surface area contributed by atoms with Crippen molar-refractivity contribution in [3.63, 3.8) is 0 Å². The lowest BCUT2D eigenvalue weighted by molar-refractivity contribution is 0.143. The molecule has 1 atom stereocenters. The van der Waals surface area contributed by atoms with Gasteiger partial charge in [0.2, 0.25) is 0 Å². The van der Waals surface area contributed by atoms with Gasteiger partial charge in [0, 0.05) is 12.3 Å². The monoisotopic (exact) mass is 340 g/mol. The van der Waals surface area contributed by atoms with E-state index in [1.807, 2.05) is 4.57 Å². The van der Waals surface area contributed by atoms with E-state index in [-0.39, 0.29) is 17.1 Å². The second-order valence-corrected chi connectivity index (χ2v) is 7.66. The van der Waals surface area contributed by atoms with Gasteiger partial charge in [0.05, 0.1) is 6.54 Å². The summed E-state index contributed by atoms with van der Waals surface area (Å²) in [7, 11) is 0. The Morgan fingerprint density at radius 1 is 1.32 bits per heavy atom. The Morgan fingerprint density at radius 2 is 2.20 bits per heavy atom. The Morgan fingerprint density at radius 3 is 3.08 bits per heavy atom. The molecule has 5 heteroatoms. The van der Waals surface area contributed by atoms with Crippen LogP contribution in [0.2, 0.25) is 0 Å². The van der Waals surface area contributed by atoms with Gasteiger partial charge < -0.3 is 9.47 Å². The van der Waals surface area contributed by atoms with E-state index in [1.54, 1.807) is 6.20 Å². The minimum absolute atomic E-state index is 0.121. The molecular formula is C20H24N2O3. The molecule has 1 aliphatic heterocycles. The molecule has 0 radical (unpaired) electrons. The zero-order valence-electron chi connectivity index (χ0n) is 14.8. The third kappa shape index (κ3) is 3.28. The second kappa shape index (κ2) is 6.21. The fourth-order valence-corrected chi connectivity index (χ4v) is 3.87. The van der Waals surface area contributed by atoms with Gasteiger partial charge in [-0.25, -0.2) is 0 Å². The fourth-order valence-electron chi connectivity index (χ4n) is 3.87. The van der Waals surface area contributed by atoms with E-state index >= 15 is 0 Å². The highest BCUT2D eigenvalue weighted by Gasteiger charge is 2.27. The fraction of sp³-hybridized carbons (Fsp3) is 0.500. The van der Waals surface area contributed by atoms with Gasteiger partial charge in [0.25, 0.3) is 11.6 Å². The van der Waals surface area contributed by atoms with Gasteiger partial charge in [-0.05, 0) is 47.9 Å². The van der Waals surface area contributed by atoms with E-state index in [1.165, 1.54) is 36.5 Å². The number of aromatic nitrogens is 2. The highest BCUT2D eigenvalue weighted by atomic mass is 16.6. The van der Waals surface area contributed by atoms with Crippen LogP contribution in [-0.4, -0.2) is 22.3 Å². The van der Waals surface area contributed by atoms with Gasteiger partial charge in [-0.1, -0.05) is 26.3 Å². The van der Waals surface area contributed by atoms with Crippen LogP contribution in [0.15, 0.2) is 35.3 Å². The van der Waals surface area contributed by atoms with E-state index in [0.29, 0.717) is 19.2 Å². The summed E-state index contributed by atoms with van der Waals surface area (Å²) in [5.74, 6) is 0.887. The Bertz CT molecular complexity index is 841. The Balaban J connectivity index is 1.44. The molecule has 1 aromatic heterocycles. The molecule has 25 heavy (non-hydrogen) atoms. The van der Waals surface area contributed by atoms with Gasteiger partial charge in [-0.15, -0.1) is 0 Å². The van der Waals surface area contributed by atoms with E-state index in [0.717, 1.165) is 12.2 Å². The molecule has 0 saturated carbocycles. The maximum atomic E-state index is 11.3. The number of hydrogen-bond donors (Lipinski definition) is 0. The molecule has 1 aliphatic carbocycles. The van der Waals surface area contributed by atoms with Gasteiger partial charge in [-0.3, -0.25) is 9.36 Å². The molecule has 0 N–H and O–H groups in total. The minimum Gasteiger partial charge on any atom is -0.490 e. The van der Waals surface area contributed by atoms with Crippen LogP contribution in [0.1, 0.15) is 44.2 Å². The van der Waals surface area contributed by atoms with Crippen molar-refractivity contribution in [2.75, 3.05) is 6.61 Å². The van der Waals surface area contributed by atoms with Crippen LogP contribution >= 0.6 is 0 Å². The third-order valence-corrected chi connectivity index (χ3v) is 5.26. The lowest BCUT2D eigenvalue weighted by atomic mass is 9.80. The van der Waals surface area contributed by atoms with Crippen molar-refractivity contribution in [1.29, 1.82) is 0 Å². The molecule has 1 aromatic carbocycles. The third-order valence-electron chi connectivity index (χ3n) is 5.26. The standard InChI is InChI=1S/C20H24N2O3/c1-20(2)9-4-3-5-14-11-15(6-7-17(14)20)24-13-16-12-22-10-8-18(23)21-19(22)25-16/h6-8,10-11,16H,3-5,9,12-13H2,1-2H3/t16-/m0/s1. The van der Waals surface area contributed by atoms with Crippen molar-refractivity contribution < 1.29 is 9.47 Å². The molecule has 0 fully saturated rings. The van der Waals surface area contributed by atoms with Crippen LogP contribution in [0.5, 0.6) is 11.8 Å². The van der Waals surface area contributed by atoms with Gasteiger partial charge in [-0.2, -0.15) is 4.98 Å². The first-order valence-corrected chi connectivity index (χ1v) is 9.02. The van der Waals surface area contributed by atoms with Crippen LogP contribution in [0.25, 0.3) is 0 Å². The predicted molar refractivity (Wildman–Crippen MR) is 95.4 cm³/mol. The topological polar surface area (TPSA) is 53.4 Å².